The molecule has 1 aromatic carbocycles. The third-order valence-electron chi connectivity index (χ3n) is 2.97. The van der Waals surface area contributed by atoms with Gasteiger partial charge in [-0.1, -0.05) is 59.5 Å². The van der Waals surface area contributed by atoms with E-state index in [9.17, 15) is 13.2 Å². The molecule has 1 heterocycles. The summed E-state index contributed by atoms with van der Waals surface area (Å²) in [6, 6.07) is 9.10. The van der Waals surface area contributed by atoms with Gasteiger partial charge in [0, 0.05) is 12.3 Å². The first-order valence-corrected chi connectivity index (χ1v) is 10.9. The molecular weight excluding hydrogens is 380 g/mol. The van der Waals surface area contributed by atoms with Crippen LogP contribution in [-0.2, 0) is 21.4 Å². The van der Waals surface area contributed by atoms with Crippen LogP contribution in [0.3, 0.4) is 0 Å². The molecule has 7 nitrogen and oxygen atoms in total. The van der Waals surface area contributed by atoms with E-state index >= 15 is 0 Å². The van der Waals surface area contributed by atoms with Crippen LogP contribution in [-0.4, -0.2) is 47.4 Å². The van der Waals surface area contributed by atoms with E-state index in [1.165, 1.54) is 23.1 Å². The molecule has 2 aromatic rings. The Morgan fingerprint density at radius 2 is 2.08 bits per heavy atom. The van der Waals surface area contributed by atoms with Crippen molar-refractivity contribution in [3.63, 3.8) is 0 Å². The zero-order chi connectivity index (χ0) is 18.3. The van der Waals surface area contributed by atoms with Crippen LogP contribution in [0.15, 0.2) is 47.3 Å². The third kappa shape index (κ3) is 6.58. The lowest BCUT2D eigenvalue weighted by molar-refractivity contribution is -0.116. The van der Waals surface area contributed by atoms with Gasteiger partial charge in [-0.25, -0.2) is 8.42 Å². The van der Waals surface area contributed by atoms with Gasteiger partial charge in [-0.15, -0.1) is 16.8 Å². The van der Waals surface area contributed by atoms with E-state index in [0.29, 0.717) is 15.2 Å². The number of rotatable bonds is 9. The standard InChI is InChI=1S/C15H18N4O3S3/c1-3-9-23-15-18-17-14(24-15)16-13(20)11-19(25(2,21)22)10-12-7-5-4-6-8-12/h3-8H,1,9-11H2,2H3,(H,16,17,20). The van der Waals surface area contributed by atoms with Crippen LogP contribution < -0.4 is 5.32 Å². The highest BCUT2D eigenvalue weighted by Crippen LogP contribution is 2.25. The average Bonchev–Trinajstić information content (AvgIpc) is 2.99. The summed E-state index contributed by atoms with van der Waals surface area (Å²) in [5.41, 5.74) is 0.805. The SMILES string of the molecule is C=CCSc1nnc(NC(=O)CN(Cc2ccccc2)S(C)(=O)=O)s1. The molecule has 0 saturated heterocycles. The molecule has 0 aliphatic rings. The second kappa shape index (κ2) is 9.09. The summed E-state index contributed by atoms with van der Waals surface area (Å²) in [5.74, 6) is 0.236. The van der Waals surface area contributed by atoms with Gasteiger partial charge in [0.25, 0.3) is 0 Å². The van der Waals surface area contributed by atoms with Crippen LogP contribution in [0, 0.1) is 0 Å². The number of benzene rings is 1. The molecule has 10 heteroatoms. The maximum Gasteiger partial charge on any atom is 0.241 e. The van der Waals surface area contributed by atoms with E-state index < -0.39 is 15.9 Å². The van der Waals surface area contributed by atoms with Crippen LogP contribution in [0.25, 0.3) is 0 Å². The molecule has 0 unspecified atom stereocenters. The van der Waals surface area contributed by atoms with E-state index in [4.69, 9.17) is 0 Å². The Balaban J connectivity index is 1.99. The Morgan fingerprint density at radius 3 is 2.72 bits per heavy atom. The topological polar surface area (TPSA) is 92.3 Å². The lowest BCUT2D eigenvalue weighted by Crippen LogP contribution is -2.36. The highest BCUT2D eigenvalue weighted by atomic mass is 32.2. The number of sulfonamides is 1. The number of aromatic nitrogens is 2. The first-order valence-electron chi connectivity index (χ1n) is 7.24. The van der Waals surface area contributed by atoms with E-state index in [1.807, 2.05) is 30.3 Å². The molecule has 0 bridgehead atoms. The predicted molar refractivity (Wildman–Crippen MR) is 101 cm³/mol. The molecule has 1 N–H and O–H groups in total. The van der Waals surface area contributed by atoms with Crippen molar-refractivity contribution in [2.24, 2.45) is 0 Å². The molecule has 134 valence electrons. The number of nitrogens with zero attached hydrogens (tertiary/aromatic N) is 3. The van der Waals surface area contributed by atoms with Gasteiger partial charge in [0.15, 0.2) is 4.34 Å². The lowest BCUT2D eigenvalue weighted by atomic mass is 10.2. The number of amides is 1. The molecule has 0 fully saturated rings. The number of hydrogen-bond acceptors (Lipinski definition) is 7. The maximum atomic E-state index is 12.2. The van der Waals surface area contributed by atoms with Crippen molar-refractivity contribution in [3.05, 3.63) is 48.6 Å². The lowest BCUT2D eigenvalue weighted by Gasteiger charge is -2.19. The Kier molecular flexibility index (Phi) is 7.12. The first kappa shape index (κ1) is 19.6. The van der Waals surface area contributed by atoms with Crippen molar-refractivity contribution in [3.8, 4) is 0 Å². The van der Waals surface area contributed by atoms with Crippen molar-refractivity contribution in [1.82, 2.24) is 14.5 Å². The monoisotopic (exact) mass is 398 g/mol. The average molecular weight is 399 g/mol. The minimum absolute atomic E-state index is 0.129. The molecule has 0 saturated carbocycles. The molecule has 1 aromatic heterocycles. The number of nitrogens with one attached hydrogen (secondary N) is 1. The number of hydrogen-bond donors (Lipinski definition) is 1. The summed E-state index contributed by atoms with van der Waals surface area (Å²) in [6.45, 7) is 3.46. The zero-order valence-electron chi connectivity index (χ0n) is 13.6. The molecule has 0 spiro atoms. The fraction of sp³-hybridized carbons (Fsp3) is 0.267. The van der Waals surface area contributed by atoms with Gasteiger partial charge < -0.3 is 0 Å². The Morgan fingerprint density at radius 1 is 1.36 bits per heavy atom. The maximum absolute atomic E-state index is 12.2. The van der Waals surface area contributed by atoms with Crippen LogP contribution in [0.4, 0.5) is 5.13 Å². The summed E-state index contributed by atoms with van der Waals surface area (Å²) in [6.07, 6.45) is 2.83. The zero-order valence-corrected chi connectivity index (χ0v) is 16.0. The third-order valence-corrected chi connectivity index (χ3v) is 6.13. The molecule has 1 amide bonds. The number of thioether (sulfide) groups is 1. The van der Waals surface area contributed by atoms with Crippen molar-refractivity contribution >= 4 is 44.2 Å². The van der Waals surface area contributed by atoms with Gasteiger partial charge >= 0.3 is 0 Å². The number of carbonyl (C=O) groups is 1. The Hall–Kier alpha value is -1.75. The van der Waals surface area contributed by atoms with E-state index in [2.05, 4.69) is 22.1 Å². The Bertz CT molecular complexity index is 822. The van der Waals surface area contributed by atoms with E-state index in [0.717, 1.165) is 16.1 Å². The molecule has 0 aliphatic carbocycles. The minimum Gasteiger partial charge on any atom is -0.299 e. The van der Waals surface area contributed by atoms with Crippen molar-refractivity contribution in [2.75, 3.05) is 23.9 Å². The quantitative estimate of drug-likeness (QED) is 0.396. The summed E-state index contributed by atoms with van der Waals surface area (Å²) >= 11 is 2.69. The fourth-order valence-electron chi connectivity index (χ4n) is 1.85. The number of carbonyl (C=O) groups excluding carboxylic acids is 1. The molecule has 0 aliphatic heterocycles. The van der Waals surface area contributed by atoms with Gasteiger partial charge in [-0.05, 0) is 5.56 Å². The molecule has 0 atom stereocenters. The molecule has 0 radical (unpaired) electrons. The largest absolute Gasteiger partial charge is 0.299 e. The summed E-state index contributed by atoms with van der Waals surface area (Å²) in [7, 11) is -3.53. The van der Waals surface area contributed by atoms with Crippen molar-refractivity contribution < 1.29 is 13.2 Å². The fourth-order valence-corrected chi connectivity index (χ4v) is 4.11. The Labute approximate surface area is 155 Å². The normalized spacial score (nSPS) is 11.4. The summed E-state index contributed by atoms with van der Waals surface area (Å²) in [4.78, 5) is 12.2. The van der Waals surface area contributed by atoms with Crippen LogP contribution in [0.2, 0.25) is 0 Å². The van der Waals surface area contributed by atoms with Crippen molar-refractivity contribution in [1.29, 1.82) is 0 Å². The van der Waals surface area contributed by atoms with Gasteiger partial charge in [0.05, 0.1) is 12.8 Å². The van der Waals surface area contributed by atoms with Crippen LogP contribution in [0.5, 0.6) is 0 Å². The van der Waals surface area contributed by atoms with E-state index in [1.54, 1.807) is 6.08 Å². The van der Waals surface area contributed by atoms with Gasteiger partial charge in [0.2, 0.25) is 21.1 Å². The second-order valence-electron chi connectivity index (χ2n) is 5.04. The highest BCUT2D eigenvalue weighted by Gasteiger charge is 2.21. The van der Waals surface area contributed by atoms with Crippen LogP contribution in [0.1, 0.15) is 5.56 Å². The highest BCUT2D eigenvalue weighted by molar-refractivity contribution is 8.01. The first-order chi connectivity index (χ1) is 11.9. The van der Waals surface area contributed by atoms with Crippen molar-refractivity contribution in [2.45, 2.75) is 10.9 Å². The molecule has 25 heavy (non-hydrogen) atoms. The molecule has 2 rings (SSSR count). The number of anilines is 1. The summed E-state index contributed by atoms with van der Waals surface area (Å²) in [5, 5.41) is 10.7. The van der Waals surface area contributed by atoms with Gasteiger partial charge in [-0.2, -0.15) is 4.31 Å². The van der Waals surface area contributed by atoms with E-state index in [-0.39, 0.29) is 13.1 Å². The van der Waals surface area contributed by atoms with Gasteiger partial charge in [0.1, 0.15) is 0 Å². The predicted octanol–water partition coefficient (Wildman–Crippen LogP) is 2.22. The molecular formula is C15H18N4O3S3. The second-order valence-corrected chi connectivity index (χ2v) is 9.26. The van der Waals surface area contributed by atoms with Crippen LogP contribution >= 0.6 is 23.1 Å². The summed E-state index contributed by atoms with van der Waals surface area (Å²) < 4.78 is 25.7. The minimum atomic E-state index is -3.53. The smallest absolute Gasteiger partial charge is 0.241 e. The van der Waals surface area contributed by atoms with Gasteiger partial charge in [-0.3, -0.25) is 10.1 Å².